The molecule has 0 saturated carbocycles. The number of anilines is 1. The van der Waals surface area contributed by atoms with E-state index in [1.165, 1.54) is 17.8 Å². The van der Waals surface area contributed by atoms with Crippen LogP contribution in [0, 0.1) is 6.92 Å². The number of hydrogen-bond acceptors (Lipinski definition) is 7. The van der Waals surface area contributed by atoms with E-state index in [2.05, 4.69) is 19.7 Å². The molecule has 4 aromatic rings. The SMILES string of the molecule is Cc1cc2oc(=O)cc(CSc3nnc(N4CCCC4)n3Cc3ccco3)c2cc1Cl. The molecule has 5 rings (SSSR count). The van der Waals surface area contributed by atoms with Crippen molar-refractivity contribution in [1.29, 1.82) is 0 Å². The summed E-state index contributed by atoms with van der Waals surface area (Å²) in [6.07, 6.45) is 3.98. The van der Waals surface area contributed by atoms with Crippen LogP contribution in [0.3, 0.4) is 0 Å². The highest BCUT2D eigenvalue weighted by atomic mass is 35.5. The first-order valence-electron chi connectivity index (χ1n) is 10.1. The van der Waals surface area contributed by atoms with Crippen LogP contribution in [0.2, 0.25) is 5.02 Å². The van der Waals surface area contributed by atoms with E-state index < -0.39 is 0 Å². The summed E-state index contributed by atoms with van der Waals surface area (Å²) in [7, 11) is 0. The van der Waals surface area contributed by atoms with Gasteiger partial charge in [-0.15, -0.1) is 10.2 Å². The first kappa shape index (κ1) is 20.2. The van der Waals surface area contributed by atoms with Crippen LogP contribution in [-0.2, 0) is 12.3 Å². The van der Waals surface area contributed by atoms with E-state index in [0.29, 0.717) is 22.9 Å². The highest BCUT2D eigenvalue weighted by molar-refractivity contribution is 7.98. The Morgan fingerprint density at radius 1 is 1.19 bits per heavy atom. The molecule has 4 heterocycles. The van der Waals surface area contributed by atoms with Gasteiger partial charge in [0.05, 0.1) is 12.8 Å². The predicted octanol–water partition coefficient (Wildman–Crippen LogP) is 4.88. The van der Waals surface area contributed by atoms with Crippen molar-refractivity contribution in [3.8, 4) is 0 Å². The van der Waals surface area contributed by atoms with Gasteiger partial charge in [-0.1, -0.05) is 23.4 Å². The summed E-state index contributed by atoms with van der Waals surface area (Å²) in [5.41, 5.74) is 1.89. The third kappa shape index (κ3) is 4.09. The van der Waals surface area contributed by atoms with Gasteiger partial charge in [0.1, 0.15) is 11.3 Å². The average molecular weight is 457 g/mol. The van der Waals surface area contributed by atoms with Gasteiger partial charge in [0.25, 0.3) is 0 Å². The van der Waals surface area contributed by atoms with Gasteiger partial charge in [-0.3, -0.25) is 4.57 Å². The van der Waals surface area contributed by atoms with Crippen molar-refractivity contribution >= 4 is 40.3 Å². The summed E-state index contributed by atoms with van der Waals surface area (Å²) in [6, 6.07) is 9.01. The number of benzene rings is 1. The number of nitrogens with zero attached hydrogens (tertiary/aromatic N) is 4. The van der Waals surface area contributed by atoms with E-state index in [-0.39, 0.29) is 5.63 Å². The molecular weight excluding hydrogens is 436 g/mol. The monoisotopic (exact) mass is 456 g/mol. The van der Waals surface area contributed by atoms with Gasteiger partial charge in [0.15, 0.2) is 5.16 Å². The minimum absolute atomic E-state index is 0.375. The van der Waals surface area contributed by atoms with Crippen LogP contribution in [0.15, 0.2) is 55.4 Å². The topological polar surface area (TPSA) is 77.3 Å². The average Bonchev–Trinajstić information content (AvgIpc) is 3.50. The van der Waals surface area contributed by atoms with E-state index in [4.69, 9.17) is 20.4 Å². The minimum Gasteiger partial charge on any atom is -0.467 e. The maximum Gasteiger partial charge on any atom is 0.336 e. The molecule has 1 fully saturated rings. The van der Waals surface area contributed by atoms with E-state index >= 15 is 0 Å². The van der Waals surface area contributed by atoms with Crippen LogP contribution in [-0.4, -0.2) is 27.9 Å². The molecule has 0 amide bonds. The van der Waals surface area contributed by atoms with Crippen LogP contribution in [0.4, 0.5) is 5.95 Å². The van der Waals surface area contributed by atoms with Crippen molar-refractivity contribution in [2.24, 2.45) is 0 Å². The molecule has 0 atom stereocenters. The summed E-state index contributed by atoms with van der Waals surface area (Å²) < 4.78 is 13.0. The molecule has 1 saturated heterocycles. The zero-order valence-electron chi connectivity index (χ0n) is 17.0. The number of thioether (sulfide) groups is 1. The van der Waals surface area contributed by atoms with Gasteiger partial charge in [-0.2, -0.15) is 0 Å². The fourth-order valence-electron chi connectivity index (χ4n) is 3.85. The predicted molar refractivity (Wildman–Crippen MR) is 121 cm³/mol. The van der Waals surface area contributed by atoms with Crippen molar-refractivity contribution in [2.75, 3.05) is 18.0 Å². The Kier molecular flexibility index (Phi) is 5.50. The Hall–Kier alpha value is -2.71. The van der Waals surface area contributed by atoms with Crippen molar-refractivity contribution in [2.45, 2.75) is 37.2 Å². The van der Waals surface area contributed by atoms with Crippen LogP contribution in [0.1, 0.15) is 29.7 Å². The van der Waals surface area contributed by atoms with Gasteiger partial charge < -0.3 is 13.7 Å². The third-order valence-electron chi connectivity index (χ3n) is 5.45. The summed E-state index contributed by atoms with van der Waals surface area (Å²) in [4.78, 5) is 14.4. The first-order chi connectivity index (χ1) is 15.1. The Labute approximate surface area is 188 Å². The van der Waals surface area contributed by atoms with Crippen LogP contribution < -0.4 is 10.5 Å². The Bertz CT molecular complexity index is 1280. The van der Waals surface area contributed by atoms with E-state index in [1.807, 2.05) is 25.1 Å². The highest BCUT2D eigenvalue weighted by Gasteiger charge is 2.22. The largest absolute Gasteiger partial charge is 0.467 e. The van der Waals surface area contributed by atoms with Crippen molar-refractivity contribution in [3.63, 3.8) is 0 Å². The van der Waals surface area contributed by atoms with Gasteiger partial charge in [0.2, 0.25) is 5.95 Å². The number of aromatic nitrogens is 3. The molecule has 1 aromatic carbocycles. The lowest BCUT2D eigenvalue weighted by Crippen LogP contribution is -2.22. The number of furan rings is 1. The van der Waals surface area contributed by atoms with E-state index in [1.54, 1.807) is 12.3 Å². The zero-order valence-corrected chi connectivity index (χ0v) is 18.6. The first-order valence-corrected chi connectivity index (χ1v) is 11.5. The van der Waals surface area contributed by atoms with Crippen molar-refractivity contribution in [3.05, 3.63) is 68.9 Å². The van der Waals surface area contributed by atoms with Gasteiger partial charge in [-0.05, 0) is 55.2 Å². The standard InChI is InChI=1S/C22H21ClN4O3S/c1-14-9-19-17(11-18(14)23)15(10-20(28)30-19)13-31-22-25-24-21(26-6-2-3-7-26)27(22)12-16-5-4-8-29-16/h4-5,8-11H,2-3,6-7,12-13H2,1H3. The quantitative estimate of drug-likeness (QED) is 0.302. The molecule has 0 spiro atoms. The normalized spacial score (nSPS) is 14.1. The zero-order chi connectivity index (χ0) is 21.4. The second-order valence-electron chi connectivity index (χ2n) is 7.62. The number of fused-ring (bicyclic) bond motifs is 1. The molecule has 31 heavy (non-hydrogen) atoms. The lowest BCUT2D eigenvalue weighted by Gasteiger charge is -2.17. The smallest absolute Gasteiger partial charge is 0.336 e. The van der Waals surface area contributed by atoms with Crippen LogP contribution >= 0.6 is 23.4 Å². The summed E-state index contributed by atoms with van der Waals surface area (Å²) in [5.74, 6) is 2.24. The highest BCUT2D eigenvalue weighted by Crippen LogP contribution is 2.31. The number of rotatable bonds is 6. The van der Waals surface area contributed by atoms with E-state index in [9.17, 15) is 4.79 Å². The molecule has 0 aliphatic carbocycles. The minimum atomic E-state index is -0.375. The summed E-state index contributed by atoms with van der Waals surface area (Å²) >= 11 is 7.86. The number of aryl methyl sites for hydroxylation is 1. The second kappa shape index (κ2) is 8.43. The Morgan fingerprint density at radius 3 is 2.81 bits per heavy atom. The van der Waals surface area contributed by atoms with Gasteiger partial charge in [-0.25, -0.2) is 4.79 Å². The molecule has 0 bridgehead atoms. The van der Waals surface area contributed by atoms with E-state index in [0.717, 1.165) is 59.3 Å². The molecule has 7 nitrogen and oxygen atoms in total. The van der Waals surface area contributed by atoms with Gasteiger partial charge >= 0.3 is 5.63 Å². The summed E-state index contributed by atoms with van der Waals surface area (Å²) in [5, 5.41) is 11.2. The molecular formula is C22H21ClN4O3S. The molecule has 3 aromatic heterocycles. The third-order valence-corrected chi connectivity index (χ3v) is 6.87. The Morgan fingerprint density at radius 2 is 2.03 bits per heavy atom. The van der Waals surface area contributed by atoms with Crippen LogP contribution in [0.25, 0.3) is 11.0 Å². The maximum absolute atomic E-state index is 12.1. The number of hydrogen-bond donors (Lipinski definition) is 0. The fourth-order valence-corrected chi connectivity index (χ4v) is 4.93. The molecule has 1 aliphatic rings. The lowest BCUT2D eigenvalue weighted by atomic mass is 10.1. The van der Waals surface area contributed by atoms with Crippen molar-refractivity contribution in [1.82, 2.24) is 14.8 Å². The number of halogens is 1. The Balaban J connectivity index is 1.48. The van der Waals surface area contributed by atoms with Gasteiger partial charge in [0, 0.05) is 35.3 Å². The fraction of sp³-hybridized carbons (Fsp3) is 0.318. The lowest BCUT2D eigenvalue weighted by molar-refractivity contribution is 0.483. The van der Waals surface area contributed by atoms with Crippen LogP contribution in [0.5, 0.6) is 0 Å². The molecule has 160 valence electrons. The molecule has 0 N–H and O–H groups in total. The molecule has 0 unspecified atom stereocenters. The molecule has 1 aliphatic heterocycles. The molecule has 0 radical (unpaired) electrons. The summed E-state index contributed by atoms with van der Waals surface area (Å²) in [6.45, 7) is 4.39. The second-order valence-corrected chi connectivity index (χ2v) is 8.97. The maximum atomic E-state index is 12.1. The molecule has 9 heteroatoms. The van der Waals surface area contributed by atoms with Crippen molar-refractivity contribution < 1.29 is 8.83 Å².